The second-order valence-electron chi connectivity index (χ2n) is 7.34. The molecule has 1 N–H and O–H groups in total. The van der Waals surface area contributed by atoms with Crippen LogP contribution in [-0.2, 0) is 4.74 Å². The number of nitrogens with zero attached hydrogens (tertiary/aromatic N) is 1. The molecule has 0 bridgehead atoms. The first kappa shape index (κ1) is 16.3. The third-order valence-electron chi connectivity index (χ3n) is 4.68. The van der Waals surface area contributed by atoms with E-state index < -0.39 is 0 Å². The maximum atomic E-state index is 5.62. The van der Waals surface area contributed by atoms with Crippen molar-refractivity contribution < 1.29 is 4.74 Å². The molecule has 1 saturated heterocycles. The molecule has 2 rings (SSSR count). The van der Waals surface area contributed by atoms with E-state index in [0.29, 0.717) is 5.41 Å². The fourth-order valence-electron chi connectivity index (χ4n) is 3.41. The first-order chi connectivity index (χ1) is 9.65. The first-order valence-corrected chi connectivity index (χ1v) is 8.68. The smallest absolute Gasteiger partial charge is 0.0472 e. The molecular weight excluding hydrogens is 248 g/mol. The van der Waals surface area contributed by atoms with Gasteiger partial charge in [0.25, 0.3) is 0 Å². The van der Waals surface area contributed by atoms with Crippen LogP contribution in [0.5, 0.6) is 0 Å². The van der Waals surface area contributed by atoms with Crippen molar-refractivity contribution in [1.29, 1.82) is 0 Å². The van der Waals surface area contributed by atoms with E-state index in [1.807, 2.05) is 0 Å². The monoisotopic (exact) mass is 282 g/mol. The Morgan fingerprint density at radius 1 is 1.25 bits per heavy atom. The number of rotatable bonds is 9. The Bertz CT molecular complexity index is 270. The van der Waals surface area contributed by atoms with Crippen LogP contribution in [0.1, 0.15) is 52.9 Å². The number of hydrogen-bond acceptors (Lipinski definition) is 3. The van der Waals surface area contributed by atoms with E-state index in [0.717, 1.165) is 31.7 Å². The lowest BCUT2D eigenvalue weighted by atomic mass is 9.79. The molecule has 1 aliphatic heterocycles. The summed E-state index contributed by atoms with van der Waals surface area (Å²) in [5.74, 6) is 0.774. The zero-order valence-corrected chi connectivity index (χ0v) is 13.8. The Kier molecular flexibility index (Phi) is 6.31. The molecular formula is C17H34N2O. The van der Waals surface area contributed by atoms with E-state index in [4.69, 9.17) is 4.74 Å². The zero-order chi connectivity index (χ0) is 14.4. The normalized spacial score (nSPS) is 22.6. The highest BCUT2D eigenvalue weighted by atomic mass is 16.5. The first-order valence-electron chi connectivity index (χ1n) is 8.68. The molecule has 0 spiro atoms. The fraction of sp³-hybridized carbons (Fsp3) is 1.00. The largest absolute Gasteiger partial charge is 0.381 e. The summed E-state index contributed by atoms with van der Waals surface area (Å²) >= 11 is 0. The van der Waals surface area contributed by atoms with Gasteiger partial charge in [-0.15, -0.1) is 0 Å². The highest BCUT2D eigenvalue weighted by molar-refractivity contribution is 4.93. The van der Waals surface area contributed by atoms with Crippen LogP contribution in [0.3, 0.4) is 0 Å². The molecule has 2 aliphatic rings. The van der Waals surface area contributed by atoms with Crippen LogP contribution in [0.15, 0.2) is 0 Å². The molecule has 0 unspecified atom stereocenters. The van der Waals surface area contributed by atoms with E-state index in [1.165, 1.54) is 51.7 Å². The van der Waals surface area contributed by atoms with Gasteiger partial charge in [0.2, 0.25) is 0 Å². The number of ether oxygens (including phenoxy) is 1. The zero-order valence-electron chi connectivity index (χ0n) is 13.8. The second kappa shape index (κ2) is 7.77. The molecule has 0 aromatic heterocycles. The minimum atomic E-state index is 0.449. The quantitative estimate of drug-likeness (QED) is 0.658. The van der Waals surface area contributed by atoms with Gasteiger partial charge in [-0.2, -0.15) is 0 Å². The Labute approximate surface area is 125 Å². The van der Waals surface area contributed by atoms with Crippen molar-refractivity contribution in [3.8, 4) is 0 Å². The predicted octanol–water partition coefficient (Wildman–Crippen LogP) is 2.90. The van der Waals surface area contributed by atoms with Gasteiger partial charge in [0.1, 0.15) is 0 Å². The summed E-state index contributed by atoms with van der Waals surface area (Å²) in [6.07, 6.45) is 6.52. The molecule has 1 aliphatic carbocycles. The Balaban J connectivity index is 1.93. The van der Waals surface area contributed by atoms with E-state index >= 15 is 0 Å². The standard InChI is InChI=1S/C17H34N2O/c1-4-9-18-13-17(7-10-20-11-8-17)14-19(12-15(2)3)16-5-6-16/h15-16,18H,4-14H2,1-3H3. The summed E-state index contributed by atoms with van der Waals surface area (Å²) in [5.41, 5.74) is 0.449. The average Bonchev–Trinajstić information content (AvgIpc) is 3.23. The molecule has 2 fully saturated rings. The summed E-state index contributed by atoms with van der Waals surface area (Å²) in [4.78, 5) is 2.78. The molecule has 3 nitrogen and oxygen atoms in total. The van der Waals surface area contributed by atoms with Crippen molar-refractivity contribution in [1.82, 2.24) is 10.2 Å². The molecule has 0 radical (unpaired) electrons. The summed E-state index contributed by atoms with van der Waals surface area (Å²) in [6.45, 7) is 13.7. The molecule has 1 saturated carbocycles. The SMILES string of the molecule is CCCNCC1(CN(CC(C)C)C2CC2)CCOCC1. The van der Waals surface area contributed by atoms with Crippen LogP contribution in [0.4, 0.5) is 0 Å². The second-order valence-corrected chi connectivity index (χ2v) is 7.34. The minimum absolute atomic E-state index is 0.449. The molecule has 1 heterocycles. The fourth-order valence-corrected chi connectivity index (χ4v) is 3.41. The Morgan fingerprint density at radius 2 is 1.95 bits per heavy atom. The third kappa shape index (κ3) is 5.01. The van der Waals surface area contributed by atoms with Gasteiger partial charge in [-0.25, -0.2) is 0 Å². The summed E-state index contributed by atoms with van der Waals surface area (Å²) < 4.78 is 5.62. The molecule has 20 heavy (non-hydrogen) atoms. The molecule has 0 atom stereocenters. The molecule has 0 aromatic rings. The van der Waals surface area contributed by atoms with Gasteiger partial charge in [-0.3, -0.25) is 4.90 Å². The van der Waals surface area contributed by atoms with Crippen molar-refractivity contribution in [2.75, 3.05) is 39.4 Å². The van der Waals surface area contributed by atoms with Crippen LogP contribution >= 0.6 is 0 Å². The highest BCUT2D eigenvalue weighted by Gasteiger charge is 2.38. The van der Waals surface area contributed by atoms with Crippen LogP contribution in [0.2, 0.25) is 0 Å². The van der Waals surface area contributed by atoms with Crippen LogP contribution in [0.25, 0.3) is 0 Å². The molecule has 0 amide bonds. The van der Waals surface area contributed by atoms with Gasteiger partial charge in [0.15, 0.2) is 0 Å². The van der Waals surface area contributed by atoms with Gasteiger partial charge < -0.3 is 10.1 Å². The van der Waals surface area contributed by atoms with E-state index in [1.54, 1.807) is 0 Å². The summed E-state index contributed by atoms with van der Waals surface area (Å²) in [5, 5.41) is 3.68. The summed E-state index contributed by atoms with van der Waals surface area (Å²) in [7, 11) is 0. The summed E-state index contributed by atoms with van der Waals surface area (Å²) in [6, 6.07) is 0.878. The van der Waals surface area contributed by atoms with Crippen molar-refractivity contribution >= 4 is 0 Å². The molecule has 118 valence electrons. The number of hydrogen-bond donors (Lipinski definition) is 1. The Hall–Kier alpha value is -0.120. The van der Waals surface area contributed by atoms with E-state index in [-0.39, 0.29) is 0 Å². The third-order valence-corrected chi connectivity index (χ3v) is 4.68. The number of nitrogens with one attached hydrogen (secondary N) is 1. The van der Waals surface area contributed by atoms with Gasteiger partial charge >= 0.3 is 0 Å². The minimum Gasteiger partial charge on any atom is -0.381 e. The maximum Gasteiger partial charge on any atom is 0.0472 e. The molecule has 0 aromatic carbocycles. The lowest BCUT2D eigenvalue weighted by Crippen LogP contribution is -2.48. The topological polar surface area (TPSA) is 24.5 Å². The lowest BCUT2D eigenvalue weighted by Gasteiger charge is -2.42. The van der Waals surface area contributed by atoms with Crippen molar-refractivity contribution in [2.45, 2.75) is 58.9 Å². The average molecular weight is 282 g/mol. The van der Waals surface area contributed by atoms with Gasteiger partial charge in [0.05, 0.1) is 0 Å². The van der Waals surface area contributed by atoms with Gasteiger partial charge in [0, 0.05) is 38.9 Å². The van der Waals surface area contributed by atoms with Gasteiger partial charge in [-0.1, -0.05) is 20.8 Å². The van der Waals surface area contributed by atoms with Crippen LogP contribution in [0, 0.1) is 11.3 Å². The lowest BCUT2D eigenvalue weighted by molar-refractivity contribution is -0.00750. The van der Waals surface area contributed by atoms with Crippen molar-refractivity contribution in [3.05, 3.63) is 0 Å². The van der Waals surface area contributed by atoms with Gasteiger partial charge in [-0.05, 0) is 50.0 Å². The molecule has 3 heteroatoms. The van der Waals surface area contributed by atoms with Crippen LogP contribution < -0.4 is 5.32 Å². The van der Waals surface area contributed by atoms with Crippen LogP contribution in [-0.4, -0.2) is 50.3 Å². The van der Waals surface area contributed by atoms with E-state index in [9.17, 15) is 0 Å². The highest BCUT2D eigenvalue weighted by Crippen LogP contribution is 2.36. The van der Waals surface area contributed by atoms with E-state index in [2.05, 4.69) is 31.0 Å². The van der Waals surface area contributed by atoms with Crippen molar-refractivity contribution in [3.63, 3.8) is 0 Å². The maximum absolute atomic E-state index is 5.62. The Morgan fingerprint density at radius 3 is 2.50 bits per heavy atom. The van der Waals surface area contributed by atoms with Crippen molar-refractivity contribution in [2.24, 2.45) is 11.3 Å². The predicted molar refractivity (Wildman–Crippen MR) is 85.1 cm³/mol.